The second kappa shape index (κ2) is 7.43. The van der Waals surface area contributed by atoms with Gasteiger partial charge in [0.25, 0.3) is 0 Å². The highest BCUT2D eigenvalue weighted by molar-refractivity contribution is 7.99. The Kier molecular flexibility index (Phi) is 5.09. The van der Waals surface area contributed by atoms with Gasteiger partial charge in [0.2, 0.25) is 0 Å². The highest BCUT2D eigenvalue weighted by Crippen LogP contribution is 2.20. The van der Waals surface area contributed by atoms with Gasteiger partial charge in [0.1, 0.15) is 5.82 Å². The molecule has 0 N–H and O–H groups in total. The van der Waals surface area contributed by atoms with Crippen molar-refractivity contribution in [1.29, 1.82) is 5.26 Å². The molecule has 0 unspecified atom stereocenters. The van der Waals surface area contributed by atoms with Crippen LogP contribution in [0.15, 0.2) is 35.5 Å². The van der Waals surface area contributed by atoms with E-state index >= 15 is 0 Å². The molecule has 0 aliphatic carbocycles. The first-order chi connectivity index (χ1) is 10.9. The van der Waals surface area contributed by atoms with Gasteiger partial charge in [0.15, 0.2) is 5.16 Å². The lowest BCUT2D eigenvalue weighted by Crippen LogP contribution is -2.21. The Hall–Kier alpha value is -1.84. The monoisotopic (exact) mass is 313 g/mol. The number of thioether (sulfide) groups is 1. The van der Waals surface area contributed by atoms with Crippen molar-refractivity contribution in [3.8, 4) is 6.07 Å². The molecule has 1 aromatic heterocycles. The number of nitrogens with zero attached hydrogens (tertiary/aromatic N) is 5. The van der Waals surface area contributed by atoms with E-state index in [0.29, 0.717) is 5.75 Å². The average molecular weight is 313 g/mol. The zero-order chi connectivity index (χ0) is 15.2. The third-order valence-corrected chi connectivity index (χ3v) is 4.64. The molecule has 0 amide bonds. The van der Waals surface area contributed by atoms with Crippen LogP contribution in [0, 0.1) is 11.3 Å². The summed E-state index contributed by atoms with van der Waals surface area (Å²) in [5, 5.41) is 18.3. The molecule has 1 fully saturated rings. The number of likely N-dealkylation sites (tertiary alicyclic amines) is 1. The van der Waals surface area contributed by atoms with Crippen LogP contribution in [0.1, 0.15) is 24.2 Å². The molecule has 0 atom stereocenters. The number of rotatable bonds is 6. The zero-order valence-corrected chi connectivity index (χ0v) is 13.3. The fourth-order valence-corrected chi connectivity index (χ4v) is 3.32. The number of hydrogen-bond donors (Lipinski definition) is 0. The largest absolute Gasteiger partial charge is 0.300 e. The third kappa shape index (κ3) is 3.67. The van der Waals surface area contributed by atoms with Crippen LogP contribution in [0.2, 0.25) is 0 Å². The molecule has 1 saturated heterocycles. The van der Waals surface area contributed by atoms with Crippen molar-refractivity contribution in [2.45, 2.75) is 31.1 Å². The molecule has 2 heterocycles. The minimum Gasteiger partial charge on any atom is -0.300 e. The topological polar surface area (TPSA) is 57.7 Å². The van der Waals surface area contributed by atoms with E-state index in [4.69, 9.17) is 5.26 Å². The fraction of sp³-hybridized carbons (Fsp3) is 0.438. The fourth-order valence-electron chi connectivity index (χ4n) is 2.71. The smallest absolute Gasteiger partial charge is 0.192 e. The molecular formula is C16H19N5S. The van der Waals surface area contributed by atoms with Crippen LogP contribution >= 0.6 is 11.8 Å². The summed E-state index contributed by atoms with van der Waals surface area (Å²) in [4.78, 5) is 2.42. The Morgan fingerprint density at radius 2 is 1.86 bits per heavy atom. The van der Waals surface area contributed by atoms with Gasteiger partial charge in [0.05, 0.1) is 24.9 Å². The Labute approximate surface area is 135 Å². The molecule has 1 aromatic carbocycles. The maximum Gasteiger partial charge on any atom is 0.192 e. The first-order valence-corrected chi connectivity index (χ1v) is 8.53. The average Bonchev–Trinajstić information content (AvgIpc) is 3.18. The lowest BCUT2D eigenvalue weighted by Gasteiger charge is -2.15. The highest BCUT2D eigenvalue weighted by Gasteiger charge is 2.18. The van der Waals surface area contributed by atoms with E-state index in [2.05, 4.69) is 37.9 Å². The molecule has 0 spiro atoms. The summed E-state index contributed by atoms with van der Waals surface area (Å²) in [5.41, 5.74) is 1.23. The quantitative estimate of drug-likeness (QED) is 0.767. The van der Waals surface area contributed by atoms with E-state index in [9.17, 15) is 0 Å². The Bertz CT molecular complexity index is 640. The molecule has 1 aliphatic rings. The van der Waals surface area contributed by atoms with Crippen molar-refractivity contribution in [2.24, 2.45) is 0 Å². The SMILES string of the molecule is N#CCSc1nnc(CN2CCCC2)n1Cc1ccccc1. The van der Waals surface area contributed by atoms with E-state index in [1.165, 1.54) is 30.2 Å². The summed E-state index contributed by atoms with van der Waals surface area (Å²) >= 11 is 1.45. The summed E-state index contributed by atoms with van der Waals surface area (Å²) in [7, 11) is 0. The number of nitriles is 1. The second-order valence-corrected chi connectivity index (χ2v) is 6.34. The van der Waals surface area contributed by atoms with Crippen LogP contribution in [0.3, 0.4) is 0 Å². The van der Waals surface area contributed by atoms with E-state index < -0.39 is 0 Å². The van der Waals surface area contributed by atoms with E-state index in [-0.39, 0.29) is 0 Å². The van der Waals surface area contributed by atoms with Crippen molar-refractivity contribution in [3.05, 3.63) is 41.7 Å². The molecule has 5 nitrogen and oxygen atoms in total. The summed E-state index contributed by atoms with van der Waals surface area (Å²) in [6.45, 7) is 3.87. The van der Waals surface area contributed by atoms with Crippen LogP contribution in [-0.4, -0.2) is 38.5 Å². The summed E-state index contributed by atoms with van der Waals surface area (Å²) < 4.78 is 2.15. The summed E-state index contributed by atoms with van der Waals surface area (Å²) in [6, 6.07) is 12.5. The molecule has 0 saturated carbocycles. The highest BCUT2D eigenvalue weighted by atomic mass is 32.2. The molecule has 0 radical (unpaired) electrons. The molecule has 6 heteroatoms. The second-order valence-electron chi connectivity index (χ2n) is 5.40. The predicted molar refractivity (Wildman–Crippen MR) is 86.4 cm³/mol. The predicted octanol–water partition coefficient (Wildman–Crippen LogP) is 2.54. The number of aromatic nitrogens is 3. The van der Waals surface area contributed by atoms with Gasteiger partial charge in [0, 0.05) is 0 Å². The van der Waals surface area contributed by atoms with Crippen LogP contribution in [0.5, 0.6) is 0 Å². The van der Waals surface area contributed by atoms with E-state index in [1.54, 1.807) is 0 Å². The Balaban J connectivity index is 1.82. The minimum absolute atomic E-state index is 0.399. The molecule has 114 valence electrons. The van der Waals surface area contributed by atoms with Gasteiger partial charge < -0.3 is 4.57 Å². The summed E-state index contributed by atoms with van der Waals surface area (Å²) in [6.07, 6.45) is 2.53. The van der Waals surface area contributed by atoms with Crippen molar-refractivity contribution in [2.75, 3.05) is 18.8 Å². The molecule has 0 bridgehead atoms. The molecule has 22 heavy (non-hydrogen) atoms. The number of hydrogen-bond acceptors (Lipinski definition) is 5. The maximum absolute atomic E-state index is 8.81. The van der Waals surface area contributed by atoms with Gasteiger partial charge in [-0.15, -0.1) is 10.2 Å². The lowest BCUT2D eigenvalue weighted by molar-refractivity contribution is 0.316. The van der Waals surface area contributed by atoms with Gasteiger partial charge in [-0.1, -0.05) is 42.1 Å². The van der Waals surface area contributed by atoms with Gasteiger partial charge in [-0.05, 0) is 31.5 Å². The normalized spacial score (nSPS) is 15.0. The van der Waals surface area contributed by atoms with Crippen LogP contribution in [0.25, 0.3) is 0 Å². The van der Waals surface area contributed by atoms with Crippen molar-refractivity contribution in [3.63, 3.8) is 0 Å². The molecule has 2 aromatic rings. The number of benzene rings is 1. The Morgan fingerprint density at radius 1 is 1.09 bits per heavy atom. The van der Waals surface area contributed by atoms with Crippen LogP contribution in [0.4, 0.5) is 0 Å². The van der Waals surface area contributed by atoms with Gasteiger partial charge in [-0.25, -0.2) is 0 Å². The van der Waals surface area contributed by atoms with Crippen LogP contribution in [-0.2, 0) is 13.1 Å². The Morgan fingerprint density at radius 3 is 2.59 bits per heavy atom. The molecule has 3 rings (SSSR count). The zero-order valence-electron chi connectivity index (χ0n) is 12.5. The van der Waals surface area contributed by atoms with Gasteiger partial charge in [-0.3, -0.25) is 4.90 Å². The standard InChI is InChI=1S/C16H19N5S/c17-8-11-22-16-19-18-15(13-20-9-4-5-10-20)21(16)12-14-6-2-1-3-7-14/h1-3,6-7H,4-5,9-13H2. The lowest BCUT2D eigenvalue weighted by atomic mass is 10.2. The molecule has 1 aliphatic heterocycles. The van der Waals surface area contributed by atoms with Crippen molar-refractivity contribution in [1.82, 2.24) is 19.7 Å². The summed E-state index contributed by atoms with van der Waals surface area (Å²) in [5.74, 6) is 1.39. The third-order valence-electron chi connectivity index (χ3n) is 3.81. The van der Waals surface area contributed by atoms with E-state index in [1.807, 2.05) is 18.2 Å². The minimum atomic E-state index is 0.399. The first-order valence-electron chi connectivity index (χ1n) is 7.55. The van der Waals surface area contributed by atoms with Gasteiger partial charge in [-0.2, -0.15) is 5.26 Å². The van der Waals surface area contributed by atoms with Gasteiger partial charge >= 0.3 is 0 Å². The van der Waals surface area contributed by atoms with Crippen molar-refractivity contribution < 1.29 is 0 Å². The van der Waals surface area contributed by atoms with E-state index in [0.717, 1.165) is 37.2 Å². The first kappa shape index (κ1) is 15.1. The van der Waals surface area contributed by atoms with Crippen LogP contribution < -0.4 is 0 Å². The maximum atomic E-state index is 8.81. The molecular weight excluding hydrogens is 294 g/mol. The van der Waals surface area contributed by atoms with Crippen molar-refractivity contribution >= 4 is 11.8 Å².